The Morgan fingerprint density at radius 3 is 2.26 bits per heavy atom. The number of anilines is 1. The van der Waals surface area contributed by atoms with E-state index < -0.39 is 70.4 Å². The minimum Gasteiger partial charge on any atom is -0.778 e. The number of ether oxygens (including phenoxy) is 2. The molecule has 2 aliphatic rings. The normalized spacial score (nSPS) is 14.2. The van der Waals surface area contributed by atoms with Gasteiger partial charge in [0.1, 0.15) is 25.0 Å². The Kier molecular flexibility index (Phi) is 28.7. The summed E-state index contributed by atoms with van der Waals surface area (Å²) < 4.78 is 105. The molecule has 1 amide bonds. The summed E-state index contributed by atoms with van der Waals surface area (Å²) in [5.74, 6) is -2.53. The highest BCUT2D eigenvalue weighted by molar-refractivity contribution is 8.00. The van der Waals surface area contributed by atoms with Crippen molar-refractivity contribution in [2.24, 2.45) is 4.99 Å². The first-order valence-corrected chi connectivity index (χ1v) is 33.5. The van der Waals surface area contributed by atoms with Crippen LogP contribution < -0.4 is 24.8 Å². The summed E-state index contributed by atoms with van der Waals surface area (Å²) in [6.45, 7) is 7.41. The first-order valence-electron chi connectivity index (χ1n) is 24.6. The molecule has 31 heteroatoms. The molecule has 0 spiro atoms. The van der Waals surface area contributed by atoms with Crippen molar-refractivity contribution in [1.29, 1.82) is 0 Å². The minimum atomic E-state index is -4.71. The number of carbonyl (C=O) groups excluding carboxylic acids is 3. The van der Waals surface area contributed by atoms with Crippen LogP contribution in [-0.4, -0.2) is 133 Å². The molecule has 82 heavy (non-hydrogen) atoms. The Morgan fingerprint density at radius 1 is 1.09 bits per heavy atom. The number of thioether (sulfide) groups is 1. The Hall–Kier alpha value is -4.87. The number of carboxylic acid groups (broad SMARTS) is 1. The first kappa shape index (κ1) is 71.4. The fraction of sp³-hybridized carbons (Fsp3) is 0.471. The predicted molar refractivity (Wildman–Crippen MR) is 307 cm³/mol. The van der Waals surface area contributed by atoms with Gasteiger partial charge in [-0.2, -0.15) is 13.2 Å². The van der Waals surface area contributed by atoms with E-state index in [2.05, 4.69) is 46.6 Å². The van der Waals surface area contributed by atoms with E-state index in [0.29, 0.717) is 58.2 Å². The molecule has 2 atom stereocenters. The van der Waals surface area contributed by atoms with E-state index in [9.17, 15) is 59.4 Å². The first-order chi connectivity index (χ1) is 38.3. The molecule has 1 aliphatic carbocycles. The SMILES string of the molecule is CCc1cccc(C)c1N(C(=O)CCl)C(C)COC.COC(=O)CSc1cc(N=c2sc(=O)n3n2CCCC3)c(F)cc1Cl.CS(=O)(=O)c1cc(C(F)(F)F)ccc1C(=O)c1cnoc1C1CC1.C[S+](C)C.O=C(O)CNCP(=O)([O-])O. The van der Waals surface area contributed by atoms with Gasteiger partial charge in [-0.25, -0.2) is 22.5 Å². The van der Waals surface area contributed by atoms with Crippen molar-refractivity contribution in [3.63, 3.8) is 0 Å². The van der Waals surface area contributed by atoms with Crippen LogP contribution in [0.15, 0.2) is 78.8 Å². The summed E-state index contributed by atoms with van der Waals surface area (Å²) in [7, 11) is -4.81. The molecule has 1 fully saturated rings. The molecule has 2 aromatic heterocycles. The molecule has 2 unspecified atom stereocenters. The number of benzene rings is 3. The van der Waals surface area contributed by atoms with Crippen molar-refractivity contribution in [3.05, 3.63) is 114 Å². The van der Waals surface area contributed by atoms with Gasteiger partial charge in [0.2, 0.25) is 10.7 Å². The largest absolute Gasteiger partial charge is 0.778 e. The number of carbonyl (C=O) groups is 4. The second-order valence-electron chi connectivity index (χ2n) is 18.5. The lowest BCUT2D eigenvalue weighted by atomic mass is 10.0. The molecule has 0 saturated heterocycles. The number of para-hydroxylation sites is 1. The average molecular weight is 1290 g/mol. The number of rotatable bonds is 18. The number of ketones is 1. The fourth-order valence-corrected chi connectivity index (χ4v) is 10.9. The number of aryl methyl sites for hydroxylation is 2. The highest BCUT2D eigenvalue weighted by atomic mass is 35.5. The van der Waals surface area contributed by atoms with Crippen LogP contribution in [0, 0.1) is 12.7 Å². The molecule has 3 aromatic carbocycles. The quantitative estimate of drug-likeness (QED) is 0.0143. The van der Waals surface area contributed by atoms with Crippen molar-refractivity contribution in [1.82, 2.24) is 19.8 Å². The Bertz CT molecular complexity index is 3290. The number of carboxylic acids is 1. The van der Waals surface area contributed by atoms with E-state index in [1.165, 1.54) is 19.4 Å². The van der Waals surface area contributed by atoms with Crippen LogP contribution in [0.1, 0.15) is 83.8 Å². The van der Waals surface area contributed by atoms with Gasteiger partial charge in [-0.1, -0.05) is 41.9 Å². The summed E-state index contributed by atoms with van der Waals surface area (Å²) in [5.41, 5.74) is 1.92. The summed E-state index contributed by atoms with van der Waals surface area (Å²) in [4.78, 5) is 82.2. The van der Waals surface area contributed by atoms with Crippen molar-refractivity contribution in [2.75, 3.05) is 75.2 Å². The molecule has 1 saturated carbocycles. The third-order valence-corrected chi connectivity index (χ3v) is 15.5. The summed E-state index contributed by atoms with van der Waals surface area (Å²) in [6.07, 6.45) is 7.50. The maximum atomic E-state index is 14.3. The highest BCUT2D eigenvalue weighted by Crippen LogP contribution is 2.43. The standard InChI is InChI=1S/C15H15ClFN3O3S2.C15H22ClNO2.C15H12F3NO4S.C3H8NO5P.C3H9S/c1-23-13(21)8-24-12-7-11(10(17)6-9(12)16)18-14-19-4-2-3-5-20(19)15(22)25-14;1-5-13-8-6-7-11(2)15(13)17(14(18)9-16)12(3)10-19-4;1-24(21,22)12-6-9(15(16,17)18)4-5-10(12)13(20)11-7-19-23-14(11)8-2-3-8;5-3(6)1-4-2-10(7,8)9;1-4(2)3/h6-7H,2-5,8H2,1H3;6-8,12H,5,9-10H2,1-4H3;4-8H,2-3H2,1H3;4H,1-2H2,(H,5,6)(H2,7,8,9);1-3H3/q;;;;+1/p-1. The topological polar surface area (TPSA) is 282 Å². The molecule has 1 aliphatic heterocycles. The van der Waals surface area contributed by atoms with E-state index in [1.54, 1.807) is 21.4 Å². The minimum absolute atomic E-state index is 0.0223. The van der Waals surface area contributed by atoms with Crippen LogP contribution in [0.4, 0.5) is 28.9 Å². The molecule has 3 heterocycles. The van der Waals surface area contributed by atoms with Crippen LogP contribution in [0.3, 0.4) is 0 Å². The molecule has 0 radical (unpaired) electrons. The number of alkyl halides is 4. The number of esters is 1. The van der Waals surface area contributed by atoms with E-state index >= 15 is 0 Å². The van der Waals surface area contributed by atoms with E-state index in [4.69, 9.17) is 42.5 Å². The number of aromatic nitrogens is 3. The summed E-state index contributed by atoms with van der Waals surface area (Å²) in [6, 6.07) is 10.7. The number of amides is 1. The zero-order valence-electron chi connectivity index (χ0n) is 46.2. The maximum Gasteiger partial charge on any atom is 0.416 e. The fourth-order valence-electron chi connectivity index (χ4n) is 7.45. The van der Waals surface area contributed by atoms with Crippen LogP contribution in [0.2, 0.25) is 5.02 Å². The van der Waals surface area contributed by atoms with Gasteiger partial charge in [-0.05, 0) is 110 Å². The second kappa shape index (κ2) is 33.0. The van der Waals surface area contributed by atoms with E-state index in [0.717, 1.165) is 90.4 Å². The van der Waals surface area contributed by atoms with Gasteiger partial charge in [-0.15, -0.1) is 23.4 Å². The van der Waals surface area contributed by atoms with E-state index in [-0.39, 0.29) is 56.2 Å². The van der Waals surface area contributed by atoms with Crippen molar-refractivity contribution in [2.45, 2.75) is 93.9 Å². The van der Waals surface area contributed by atoms with Gasteiger partial charge >= 0.3 is 23.0 Å². The van der Waals surface area contributed by atoms with Gasteiger partial charge in [0.25, 0.3) is 0 Å². The van der Waals surface area contributed by atoms with Gasteiger partial charge in [0.15, 0.2) is 21.4 Å². The number of fused-ring (bicyclic) bond motifs is 1. The maximum absolute atomic E-state index is 14.3. The number of halogens is 6. The zero-order chi connectivity index (χ0) is 61.9. The van der Waals surface area contributed by atoms with Gasteiger partial charge in [-0.3, -0.25) is 34.0 Å². The Balaban J connectivity index is 0.000000291. The average Bonchev–Trinajstić information content (AvgIpc) is 4.22. The molecule has 454 valence electrons. The van der Waals surface area contributed by atoms with Crippen LogP contribution in [-0.2, 0) is 74.8 Å². The van der Waals surface area contributed by atoms with Crippen LogP contribution in [0.25, 0.3) is 0 Å². The van der Waals surface area contributed by atoms with Crippen LogP contribution >= 0.6 is 53.9 Å². The molecular formula is C51H65Cl2F4N6O14PS4. The summed E-state index contributed by atoms with van der Waals surface area (Å²) in [5, 5.41) is 13.7. The molecule has 20 nitrogen and oxygen atoms in total. The molecule has 7 rings (SSSR count). The second-order valence-corrected chi connectivity index (χ2v) is 27.1. The number of hydrogen-bond donors (Lipinski definition) is 3. The molecule has 5 aromatic rings. The third kappa shape index (κ3) is 22.6. The zero-order valence-corrected chi connectivity index (χ0v) is 51.9. The predicted octanol–water partition coefficient (Wildman–Crippen LogP) is 7.82. The molecule has 0 bridgehead atoms. The molecular weight excluding hydrogens is 1230 g/mol. The van der Waals surface area contributed by atoms with Crippen molar-refractivity contribution >= 4 is 110 Å². The Morgan fingerprint density at radius 2 is 1.72 bits per heavy atom. The van der Waals surface area contributed by atoms with Gasteiger partial charge in [0.05, 0.1) is 90.0 Å². The Labute approximate surface area is 493 Å². The monoisotopic (exact) mass is 1290 g/mol. The number of hydrogen-bond acceptors (Lipinski definition) is 17. The van der Waals surface area contributed by atoms with Crippen LogP contribution in [0.5, 0.6) is 0 Å². The third-order valence-electron chi connectivity index (χ3n) is 11.2. The number of methoxy groups -OCH3 is 2. The van der Waals surface area contributed by atoms with Crippen molar-refractivity contribution in [3.8, 4) is 0 Å². The summed E-state index contributed by atoms with van der Waals surface area (Å²) >= 11 is 13.9. The van der Waals surface area contributed by atoms with E-state index in [1.807, 2.05) is 31.3 Å². The molecule has 3 N–H and O–H groups in total. The lowest BCUT2D eigenvalue weighted by Crippen LogP contribution is -2.43. The number of aliphatic carboxylic acids is 1. The number of nitrogens with zero attached hydrogens (tertiary/aromatic N) is 5. The van der Waals surface area contributed by atoms with Gasteiger partial charge in [0, 0.05) is 42.8 Å². The van der Waals surface area contributed by atoms with Crippen molar-refractivity contribution < 1.29 is 78.6 Å². The number of nitrogens with one attached hydrogen (secondary N) is 1. The van der Waals surface area contributed by atoms with Gasteiger partial charge < -0.3 is 38.4 Å². The smallest absolute Gasteiger partial charge is 0.416 e. The lowest BCUT2D eigenvalue weighted by Gasteiger charge is -2.31. The lowest BCUT2D eigenvalue weighted by molar-refractivity contribution is -0.193. The highest BCUT2D eigenvalue weighted by Gasteiger charge is 2.36. The number of sulfone groups is 1.